The van der Waals surface area contributed by atoms with E-state index in [9.17, 15) is 0 Å². The van der Waals surface area contributed by atoms with Crippen molar-refractivity contribution in [1.29, 1.82) is 0 Å². The van der Waals surface area contributed by atoms with Gasteiger partial charge in [0.25, 0.3) is 0 Å². The average molecular weight is 298 g/mol. The lowest BCUT2D eigenvalue weighted by molar-refractivity contribution is 1.52. The third-order valence-electron chi connectivity index (χ3n) is 3.68. The highest BCUT2D eigenvalue weighted by Crippen LogP contribution is 2.08. The molecule has 0 radical (unpaired) electrons. The first-order valence-corrected chi connectivity index (χ1v) is 7.73. The Bertz CT molecular complexity index is 943. The van der Waals surface area contributed by atoms with Gasteiger partial charge in [-0.25, -0.2) is 0 Å². The molecule has 0 fully saturated rings. The predicted molar refractivity (Wildman–Crippen MR) is 104 cm³/mol. The molecular formula is C23H22. The Labute approximate surface area is 138 Å². The van der Waals surface area contributed by atoms with Crippen LogP contribution in [0.4, 0.5) is 0 Å². The Hall–Kier alpha value is -2.82. The lowest BCUT2D eigenvalue weighted by atomic mass is 10.0. The summed E-state index contributed by atoms with van der Waals surface area (Å²) in [5, 5.41) is 5.02. The second-order valence-corrected chi connectivity index (χ2v) is 5.35. The summed E-state index contributed by atoms with van der Waals surface area (Å²) in [7, 11) is 0. The smallest absolute Gasteiger partial charge is 0.00733 e. The van der Waals surface area contributed by atoms with E-state index >= 15 is 0 Å². The van der Waals surface area contributed by atoms with Crippen molar-refractivity contribution in [3.05, 3.63) is 102 Å². The van der Waals surface area contributed by atoms with Gasteiger partial charge in [-0.15, -0.1) is 5.73 Å². The molecule has 0 N–H and O–H groups in total. The first kappa shape index (κ1) is 16.5. The zero-order valence-electron chi connectivity index (χ0n) is 13.8. The highest BCUT2D eigenvalue weighted by Gasteiger charge is 1.97. The van der Waals surface area contributed by atoms with Crippen LogP contribution in [0.25, 0.3) is 22.4 Å². The molecule has 0 atom stereocenters. The summed E-state index contributed by atoms with van der Waals surface area (Å²) in [5.74, 6) is 0. The topological polar surface area (TPSA) is 0 Å². The van der Waals surface area contributed by atoms with Crippen LogP contribution in [0.3, 0.4) is 0 Å². The summed E-state index contributed by atoms with van der Waals surface area (Å²) in [4.78, 5) is 0. The number of rotatable bonds is 4. The fourth-order valence-electron chi connectivity index (χ4n) is 2.55. The van der Waals surface area contributed by atoms with E-state index in [0.717, 1.165) is 5.57 Å². The molecule has 0 aliphatic heterocycles. The fourth-order valence-corrected chi connectivity index (χ4v) is 2.55. The molecule has 0 bridgehead atoms. The lowest BCUT2D eigenvalue weighted by Crippen LogP contribution is -2.26. The SMILES string of the molecule is C=C/C=C\C(=C)C=C=C/C(C)=c1\c(=C/C)ccc2ccccc12. The molecule has 0 heterocycles. The second kappa shape index (κ2) is 7.98. The molecule has 0 spiro atoms. The highest BCUT2D eigenvalue weighted by molar-refractivity contribution is 5.85. The molecule has 0 heteroatoms. The number of benzene rings is 2. The van der Waals surface area contributed by atoms with Crippen LogP contribution >= 0.6 is 0 Å². The Balaban J connectivity index is 2.63. The van der Waals surface area contributed by atoms with Gasteiger partial charge in [-0.2, -0.15) is 0 Å². The van der Waals surface area contributed by atoms with Crippen LogP contribution in [0.5, 0.6) is 0 Å². The van der Waals surface area contributed by atoms with E-state index in [-0.39, 0.29) is 0 Å². The van der Waals surface area contributed by atoms with Crippen molar-refractivity contribution in [3.63, 3.8) is 0 Å². The fraction of sp³-hybridized carbons (Fsp3) is 0.0870. The Morgan fingerprint density at radius 3 is 2.61 bits per heavy atom. The molecule has 23 heavy (non-hydrogen) atoms. The monoisotopic (exact) mass is 298 g/mol. The van der Waals surface area contributed by atoms with Crippen molar-refractivity contribution in [2.75, 3.05) is 0 Å². The van der Waals surface area contributed by atoms with Gasteiger partial charge in [0.15, 0.2) is 0 Å². The Morgan fingerprint density at radius 1 is 1.09 bits per heavy atom. The molecule has 0 amide bonds. The maximum Gasteiger partial charge on any atom is -0.00733 e. The van der Waals surface area contributed by atoms with Gasteiger partial charge < -0.3 is 0 Å². The molecular weight excluding hydrogens is 276 g/mol. The quantitative estimate of drug-likeness (QED) is 0.561. The number of hydrogen-bond donors (Lipinski definition) is 0. The highest BCUT2D eigenvalue weighted by atomic mass is 14.0. The minimum absolute atomic E-state index is 0.897. The van der Waals surface area contributed by atoms with Crippen molar-refractivity contribution in [1.82, 2.24) is 0 Å². The minimum Gasteiger partial charge on any atom is -0.120 e. The largest absolute Gasteiger partial charge is 0.120 e. The molecule has 2 aromatic carbocycles. The van der Waals surface area contributed by atoms with E-state index in [1.54, 1.807) is 6.08 Å². The molecule has 0 nitrogen and oxygen atoms in total. The van der Waals surface area contributed by atoms with Crippen LogP contribution in [-0.4, -0.2) is 0 Å². The van der Waals surface area contributed by atoms with Gasteiger partial charge in [0.1, 0.15) is 0 Å². The predicted octanol–water partition coefficient (Wildman–Crippen LogP) is 4.82. The van der Waals surface area contributed by atoms with Gasteiger partial charge >= 0.3 is 0 Å². The van der Waals surface area contributed by atoms with Crippen LogP contribution in [0.15, 0.2) is 91.2 Å². The van der Waals surface area contributed by atoms with Gasteiger partial charge in [0.05, 0.1) is 0 Å². The maximum absolute atomic E-state index is 3.96. The summed E-state index contributed by atoms with van der Waals surface area (Å²) in [6.07, 6.45) is 11.6. The zero-order valence-corrected chi connectivity index (χ0v) is 13.8. The van der Waals surface area contributed by atoms with Crippen LogP contribution < -0.4 is 10.4 Å². The zero-order chi connectivity index (χ0) is 16.7. The van der Waals surface area contributed by atoms with Crippen molar-refractivity contribution in [3.8, 4) is 0 Å². The van der Waals surface area contributed by atoms with Crippen molar-refractivity contribution in [2.45, 2.75) is 13.8 Å². The molecule has 2 rings (SSSR count). The van der Waals surface area contributed by atoms with E-state index in [4.69, 9.17) is 0 Å². The average Bonchev–Trinajstić information content (AvgIpc) is 2.58. The molecule has 0 aliphatic rings. The number of hydrogen-bond acceptors (Lipinski definition) is 0. The number of allylic oxidation sites excluding steroid dienone is 5. The first-order valence-electron chi connectivity index (χ1n) is 7.73. The molecule has 0 saturated carbocycles. The molecule has 0 saturated heterocycles. The molecule has 0 aromatic heterocycles. The lowest BCUT2D eigenvalue weighted by Gasteiger charge is -2.02. The first-order chi connectivity index (χ1) is 11.2. The van der Waals surface area contributed by atoms with Crippen molar-refractivity contribution in [2.24, 2.45) is 0 Å². The normalized spacial score (nSPS) is 12.9. The summed E-state index contributed by atoms with van der Waals surface area (Å²) in [6, 6.07) is 12.8. The second-order valence-electron chi connectivity index (χ2n) is 5.35. The van der Waals surface area contributed by atoms with Gasteiger partial charge in [0.2, 0.25) is 0 Å². The third kappa shape index (κ3) is 4.10. The van der Waals surface area contributed by atoms with Gasteiger partial charge in [-0.3, -0.25) is 0 Å². The number of fused-ring (bicyclic) bond motifs is 1. The molecule has 114 valence electrons. The third-order valence-corrected chi connectivity index (χ3v) is 3.68. The van der Waals surface area contributed by atoms with Crippen LogP contribution in [0, 0.1) is 0 Å². The standard InChI is InChI=1S/C23H22/c1-5-7-11-18(3)12-10-13-19(4)23-20(6-2)16-17-21-14-8-9-15-22(21)23/h5-9,11-17H,1,3H2,2,4H3/b11-7-,20-6-,23-19+. The van der Waals surface area contributed by atoms with Crippen LogP contribution in [0.2, 0.25) is 0 Å². The summed E-state index contributed by atoms with van der Waals surface area (Å²) >= 11 is 0. The van der Waals surface area contributed by atoms with E-state index in [1.165, 1.54) is 26.8 Å². The van der Waals surface area contributed by atoms with Gasteiger partial charge in [-0.1, -0.05) is 73.9 Å². The van der Waals surface area contributed by atoms with E-state index in [2.05, 4.69) is 75.2 Å². The van der Waals surface area contributed by atoms with Crippen LogP contribution in [-0.2, 0) is 0 Å². The van der Waals surface area contributed by atoms with E-state index in [0.29, 0.717) is 0 Å². The van der Waals surface area contributed by atoms with E-state index < -0.39 is 0 Å². The van der Waals surface area contributed by atoms with Crippen molar-refractivity contribution >= 4 is 22.4 Å². The Kier molecular flexibility index (Phi) is 5.74. The van der Waals surface area contributed by atoms with Gasteiger partial charge in [-0.05, 0) is 58.4 Å². The summed E-state index contributed by atoms with van der Waals surface area (Å²) < 4.78 is 0. The molecule has 0 aliphatic carbocycles. The summed E-state index contributed by atoms with van der Waals surface area (Å²) in [6.45, 7) is 11.8. The van der Waals surface area contributed by atoms with Gasteiger partial charge in [0, 0.05) is 0 Å². The molecule has 0 unspecified atom stereocenters. The van der Waals surface area contributed by atoms with Crippen LogP contribution in [0.1, 0.15) is 13.8 Å². The molecule has 2 aromatic rings. The minimum atomic E-state index is 0.897. The van der Waals surface area contributed by atoms with E-state index in [1.807, 2.05) is 24.3 Å². The maximum atomic E-state index is 3.96. The Morgan fingerprint density at radius 2 is 1.87 bits per heavy atom. The summed E-state index contributed by atoms with van der Waals surface area (Å²) in [5.41, 5.74) is 5.31. The van der Waals surface area contributed by atoms with Crippen molar-refractivity contribution < 1.29 is 0 Å².